The maximum atomic E-state index is 13.5. The third kappa shape index (κ3) is 1.63. The number of nitrogens with one attached hydrogen (secondary N) is 1. The molecule has 0 saturated carbocycles. The first kappa shape index (κ1) is 10.6. The van der Waals surface area contributed by atoms with Gasteiger partial charge < -0.3 is 5.73 Å². The van der Waals surface area contributed by atoms with Gasteiger partial charge in [0.25, 0.3) is 5.91 Å². The molecule has 0 atom stereocenters. The van der Waals surface area contributed by atoms with Crippen LogP contribution in [0.5, 0.6) is 0 Å². The van der Waals surface area contributed by atoms with Crippen LogP contribution in [0, 0.1) is 5.82 Å². The first-order chi connectivity index (χ1) is 7.61. The van der Waals surface area contributed by atoms with E-state index in [-0.39, 0.29) is 22.0 Å². The second-order valence-electron chi connectivity index (χ2n) is 2.98. The zero-order valence-corrected chi connectivity index (χ0v) is 8.62. The van der Waals surface area contributed by atoms with Crippen LogP contribution in [0.25, 0.3) is 11.3 Å². The topological polar surface area (TPSA) is 84.7 Å². The fourth-order valence-corrected chi connectivity index (χ4v) is 1.55. The minimum absolute atomic E-state index is 0.00622. The fourth-order valence-electron chi connectivity index (χ4n) is 1.30. The molecule has 5 nitrogen and oxygen atoms in total. The first-order valence-corrected chi connectivity index (χ1v) is 4.64. The normalized spacial score (nSPS) is 10.4. The molecule has 0 aliphatic heterocycles. The van der Waals surface area contributed by atoms with E-state index in [0.717, 1.165) is 0 Å². The Labute approximate surface area is 94.4 Å². The van der Waals surface area contributed by atoms with Gasteiger partial charge in [-0.05, 0) is 12.1 Å². The highest BCUT2D eigenvalue weighted by Gasteiger charge is 2.20. The SMILES string of the molecule is NC(=O)c1n[nH]nc1-c1c(F)cccc1Cl. The van der Waals surface area contributed by atoms with Gasteiger partial charge in [0.2, 0.25) is 0 Å². The Balaban J connectivity index is 2.68. The minimum Gasteiger partial charge on any atom is -0.364 e. The van der Waals surface area contributed by atoms with Crippen molar-refractivity contribution in [2.45, 2.75) is 0 Å². The molecule has 1 amide bonds. The number of carbonyl (C=O) groups excluding carboxylic acids is 1. The second-order valence-corrected chi connectivity index (χ2v) is 3.39. The lowest BCUT2D eigenvalue weighted by Gasteiger charge is -2.02. The summed E-state index contributed by atoms with van der Waals surface area (Å²) >= 11 is 5.82. The third-order valence-electron chi connectivity index (χ3n) is 1.98. The van der Waals surface area contributed by atoms with Crippen LogP contribution in [-0.4, -0.2) is 21.3 Å². The van der Waals surface area contributed by atoms with Crippen molar-refractivity contribution in [3.05, 3.63) is 34.7 Å². The first-order valence-electron chi connectivity index (χ1n) is 4.26. The number of amides is 1. The Morgan fingerprint density at radius 1 is 1.44 bits per heavy atom. The molecule has 82 valence electrons. The van der Waals surface area contributed by atoms with E-state index in [1.165, 1.54) is 18.2 Å². The fraction of sp³-hybridized carbons (Fsp3) is 0. The molecule has 1 aromatic heterocycles. The number of H-pyrrole nitrogens is 1. The second kappa shape index (κ2) is 3.90. The van der Waals surface area contributed by atoms with Gasteiger partial charge in [-0.25, -0.2) is 4.39 Å². The van der Waals surface area contributed by atoms with Crippen LogP contribution < -0.4 is 5.73 Å². The lowest BCUT2D eigenvalue weighted by Crippen LogP contribution is -2.13. The summed E-state index contributed by atoms with van der Waals surface area (Å²) in [6, 6.07) is 4.14. The number of hydrogen-bond acceptors (Lipinski definition) is 3. The number of halogens is 2. The molecule has 0 aliphatic rings. The molecule has 0 fully saturated rings. The van der Waals surface area contributed by atoms with Gasteiger partial charge in [0.15, 0.2) is 5.69 Å². The maximum Gasteiger partial charge on any atom is 0.271 e. The van der Waals surface area contributed by atoms with E-state index in [4.69, 9.17) is 17.3 Å². The Kier molecular flexibility index (Phi) is 2.57. The van der Waals surface area contributed by atoms with E-state index < -0.39 is 11.7 Å². The number of aromatic amines is 1. The summed E-state index contributed by atoms with van der Waals surface area (Å²) in [5.41, 5.74) is 4.94. The van der Waals surface area contributed by atoms with Gasteiger partial charge in [0, 0.05) is 0 Å². The van der Waals surface area contributed by atoms with Crippen molar-refractivity contribution in [3.8, 4) is 11.3 Å². The van der Waals surface area contributed by atoms with E-state index in [0.29, 0.717) is 0 Å². The summed E-state index contributed by atoms with van der Waals surface area (Å²) in [4.78, 5) is 11.0. The van der Waals surface area contributed by atoms with Gasteiger partial charge in [-0.15, -0.1) is 0 Å². The molecular formula is C9H6ClFN4O. The van der Waals surface area contributed by atoms with Gasteiger partial charge in [-0.1, -0.05) is 17.7 Å². The van der Waals surface area contributed by atoms with Gasteiger partial charge in [0.05, 0.1) is 10.6 Å². The highest BCUT2D eigenvalue weighted by molar-refractivity contribution is 6.33. The molecule has 0 aliphatic carbocycles. The average Bonchev–Trinajstić information content (AvgIpc) is 2.66. The third-order valence-corrected chi connectivity index (χ3v) is 2.30. The molecule has 0 radical (unpaired) electrons. The Hall–Kier alpha value is -1.95. The van der Waals surface area contributed by atoms with Crippen molar-refractivity contribution >= 4 is 17.5 Å². The molecule has 0 bridgehead atoms. The molecule has 0 saturated heterocycles. The number of hydrogen-bond donors (Lipinski definition) is 2. The Morgan fingerprint density at radius 3 is 2.81 bits per heavy atom. The average molecular weight is 241 g/mol. The van der Waals surface area contributed by atoms with Crippen LogP contribution in [0.3, 0.4) is 0 Å². The van der Waals surface area contributed by atoms with Gasteiger partial charge in [-0.3, -0.25) is 4.79 Å². The molecule has 2 aromatic rings. The zero-order valence-electron chi connectivity index (χ0n) is 7.87. The Morgan fingerprint density at radius 2 is 2.19 bits per heavy atom. The predicted octanol–water partition coefficient (Wildman–Crippen LogP) is 1.36. The number of nitrogens with zero attached hydrogens (tertiary/aromatic N) is 2. The number of rotatable bonds is 2. The number of carbonyl (C=O) groups is 1. The Bertz CT molecular complexity index is 534. The number of benzene rings is 1. The summed E-state index contributed by atoms with van der Waals surface area (Å²) in [6.07, 6.45) is 0. The molecule has 16 heavy (non-hydrogen) atoms. The molecule has 0 spiro atoms. The zero-order chi connectivity index (χ0) is 11.7. The van der Waals surface area contributed by atoms with E-state index in [2.05, 4.69) is 15.4 Å². The minimum atomic E-state index is -0.803. The van der Waals surface area contributed by atoms with E-state index in [9.17, 15) is 9.18 Å². The van der Waals surface area contributed by atoms with Crippen LogP contribution in [0.2, 0.25) is 5.02 Å². The van der Waals surface area contributed by atoms with Gasteiger partial charge in [-0.2, -0.15) is 15.4 Å². The van der Waals surface area contributed by atoms with Gasteiger partial charge >= 0.3 is 0 Å². The monoisotopic (exact) mass is 240 g/mol. The van der Waals surface area contributed by atoms with Crippen molar-refractivity contribution in [1.82, 2.24) is 15.4 Å². The lowest BCUT2D eigenvalue weighted by atomic mass is 10.1. The quantitative estimate of drug-likeness (QED) is 0.831. The summed E-state index contributed by atoms with van der Waals surface area (Å²) < 4.78 is 13.5. The highest BCUT2D eigenvalue weighted by Crippen LogP contribution is 2.30. The summed E-state index contributed by atoms with van der Waals surface area (Å²) in [6.45, 7) is 0. The number of primary amides is 1. The maximum absolute atomic E-state index is 13.5. The lowest BCUT2D eigenvalue weighted by molar-refractivity contribution is 0.0996. The van der Waals surface area contributed by atoms with Crippen molar-refractivity contribution in [1.29, 1.82) is 0 Å². The van der Waals surface area contributed by atoms with Crippen molar-refractivity contribution in [2.24, 2.45) is 5.73 Å². The van der Waals surface area contributed by atoms with Crippen LogP contribution in [0.1, 0.15) is 10.5 Å². The summed E-state index contributed by atoms with van der Waals surface area (Å²) in [7, 11) is 0. The van der Waals surface area contributed by atoms with Crippen molar-refractivity contribution < 1.29 is 9.18 Å². The molecule has 1 aromatic carbocycles. The molecular weight excluding hydrogens is 235 g/mol. The predicted molar refractivity (Wildman–Crippen MR) is 55.3 cm³/mol. The van der Waals surface area contributed by atoms with Crippen molar-refractivity contribution in [3.63, 3.8) is 0 Å². The van der Waals surface area contributed by atoms with E-state index in [1.807, 2.05) is 0 Å². The van der Waals surface area contributed by atoms with Crippen LogP contribution in [0.4, 0.5) is 4.39 Å². The highest BCUT2D eigenvalue weighted by atomic mass is 35.5. The van der Waals surface area contributed by atoms with Crippen LogP contribution >= 0.6 is 11.6 Å². The largest absolute Gasteiger partial charge is 0.364 e. The summed E-state index contributed by atoms with van der Waals surface area (Å²) in [5, 5.41) is 9.55. The number of aromatic nitrogens is 3. The van der Waals surface area contributed by atoms with Crippen LogP contribution in [-0.2, 0) is 0 Å². The number of nitrogens with two attached hydrogens (primary N) is 1. The smallest absolute Gasteiger partial charge is 0.271 e. The van der Waals surface area contributed by atoms with E-state index in [1.54, 1.807) is 0 Å². The van der Waals surface area contributed by atoms with Crippen molar-refractivity contribution in [2.75, 3.05) is 0 Å². The molecule has 0 unspecified atom stereocenters. The molecule has 1 heterocycles. The van der Waals surface area contributed by atoms with E-state index >= 15 is 0 Å². The van der Waals surface area contributed by atoms with Gasteiger partial charge in [0.1, 0.15) is 11.5 Å². The molecule has 3 N–H and O–H groups in total. The van der Waals surface area contributed by atoms with Crippen LogP contribution in [0.15, 0.2) is 18.2 Å². The molecule has 7 heteroatoms. The summed E-state index contributed by atoms with van der Waals surface area (Å²) in [5.74, 6) is -1.40. The molecule has 2 rings (SSSR count). The standard InChI is InChI=1S/C9H6ClFN4O/c10-4-2-1-3-5(11)6(4)7-8(9(12)16)14-15-13-7/h1-3H,(H2,12,16)(H,13,14,15).